The Bertz CT molecular complexity index is 249. The Labute approximate surface area is 90.3 Å². The molecule has 1 atom stereocenters. The van der Waals surface area contributed by atoms with E-state index in [9.17, 15) is 4.79 Å². The van der Waals surface area contributed by atoms with E-state index in [1.165, 1.54) is 0 Å². The second-order valence-electron chi connectivity index (χ2n) is 2.77. The van der Waals surface area contributed by atoms with Gasteiger partial charge >= 0.3 is 0 Å². The van der Waals surface area contributed by atoms with Crippen LogP contribution in [0.1, 0.15) is 13.8 Å². The van der Waals surface area contributed by atoms with E-state index in [1.54, 1.807) is 0 Å². The molecule has 0 aromatic heterocycles. The van der Waals surface area contributed by atoms with Crippen molar-refractivity contribution in [2.24, 2.45) is 16.6 Å². The van der Waals surface area contributed by atoms with Gasteiger partial charge in [0.05, 0.1) is 5.92 Å². The molecule has 0 aromatic rings. The number of carbonyl (C=O) groups is 1. The highest BCUT2D eigenvalue weighted by atomic mass is 35.5. The number of hydrogen-bond donors (Lipinski definition) is 1. The Hall–Kier alpha value is -0.380. The van der Waals surface area contributed by atoms with Crippen LogP contribution in [0.2, 0.25) is 0 Å². The molecular formula is C8H14Cl2N2O. The number of hydrogen-bond acceptors (Lipinski definition) is 2. The van der Waals surface area contributed by atoms with Crippen LogP contribution >= 0.6 is 24.8 Å². The Balaban J connectivity index is 0. The molecule has 0 fully saturated rings. The van der Waals surface area contributed by atoms with Crippen LogP contribution in [0.25, 0.3) is 0 Å². The topological polar surface area (TPSA) is 55.5 Å². The van der Waals surface area contributed by atoms with Gasteiger partial charge in [-0.1, -0.05) is 5.57 Å². The molecule has 76 valence electrons. The van der Waals surface area contributed by atoms with Crippen molar-refractivity contribution in [2.75, 3.05) is 6.54 Å². The van der Waals surface area contributed by atoms with Gasteiger partial charge in [-0.3, -0.25) is 4.79 Å². The highest BCUT2D eigenvalue weighted by Crippen LogP contribution is 2.15. The summed E-state index contributed by atoms with van der Waals surface area (Å²) in [6, 6.07) is 0. The summed E-state index contributed by atoms with van der Waals surface area (Å²) in [4.78, 5) is 14.9. The first kappa shape index (κ1) is 15.1. The number of nitrogens with zero attached hydrogens (tertiary/aromatic N) is 1. The molecule has 5 heteroatoms. The third-order valence-electron chi connectivity index (χ3n) is 1.81. The average molecular weight is 225 g/mol. The molecule has 0 saturated carbocycles. The molecule has 0 aliphatic carbocycles. The van der Waals surface area contributed by atoms with Crippen molar-refractivity contribution in [1.82, 2.24) is 0 Å². The van der Waals surface area contributed by atoms with E-state index in [0.717, 1.165) is 11.3 Å². The first-order valence-corrected chi connectivity index (χ1v) is 3.62. The van der Waals surface area contributed by atoms with Crippen molar-refractivity contribution in [3.05, 3.63) is 11.6 Å². The fourth-order valence-electron chi connectivity index (χ4n) is 1.20. The Morgan fingerprint density at radius 1 is 1.46 bits per heavy atom. The molecular weight excluding hydrogens is 211 g/mol. The van der Waals surface area contributed by atoms with E-state index < -0.39 is 0 Å². The minimum absolute atomic E-state index is 0. The summed E-state index contributed by atoms with van der Waals surface area (Å²) < 4.78 is 0. The van der Waals surface area contributed by atoms with E-state index in [-0.39, 0.29) is 36.6 Å². The zero-order valence-corrected chi connectivity index (χ0v) is 9.24. The minimum atomic E-state index is -0.182. The first-order chi connectivity index (χ1) is 5.15. The third kappa shape index (κ3) is 3.46. The van der Waals surface area contributed by atoms with Gasteiger partial charge in [0.1, 0.15) is 0 Å². The molecule has 1 amide bonds. The van der Waals surface area contributed by atoms with Gasteiger partial charge in [0.15, 0.2) is 0 Å². The predicted molar refractivity (Wildman–Crippen MR) is 58.9 cm³/mol. The second-order valence-corrected chi connectivity index (χ2v) is 2.77. The van der Waals surface area contributed by atoms with Crippen LogP contribution in [0.4, 0.5) is 0 Å². The smallest absolute Gasteiger partial charge is 0.254 e. The third-order valence-corrected chi connectivity index (χ3v) is 1.81. The zero-order valence-electron chi connectivity index (χ0n) is 7.61. The molecule has 0 saturated heterocycles. The van der Waals surface area contributed by atoms with Crippen LogP contribution < -0.4 is 5.73 Å². The van der Waals surface area contributed by atoms with Crippen molar-refractivity contribution >= 4 is 36.4 Å². The summed E-state index contributed by atoms with van der Waals surface area (Å²) in [6.45, 7) is 4.08. The van der Waals surface area contributed by atoms with Gasteiger partial charge in [0, 0.05) is 12.3 Å². The average Bonchev–Trinajstić information content (AvgIpc) is 1.85. The molecule has 13 heavy (non-hydrogen) atoms. The lowest BCUT2D eigenvalue weighted by Gasteiger charge is -2.15. The van der Waals surface area contributed by atoms with Gasteiger partial charge in [0.2, 0.25) is 0 Å². The maximum Gasteiger partial charge on any atom is 0.254 e. The SMILES string of the molecule is CC1=CC(C)=NC(=O)C1CN.Cl.Cl. The predicted octanol–water partition coefficient (Wildman–Crippen LogP) is 1.35. The molecule has 1 aliphatic heterocycles. The number of allylic oxidation sites excluding steroid dienone is 1. The molecule has 2 N–H and O–H groups in total. The van der Waals surface area contributed by atoms with Crippen molar-refractivity contribution in [3.8, 4) is 0 Å². The molecule has 1 rings (SSSR count). The van der Waals surface area contributed by atoms with E-state index >= 15 is 0 Å². The van der Waals surface area contributed by atoms with E-state index in [1.807, 2.05) is 19.9 Å². The fraction of sp³-hybridized carbons (Fsp3) is 0.500. The number of nitrogens with two attached hydrogens (primary N) is 1. The molecule has 0 radical (unpaired) electrons. The molecule has 0 bridgehead atoms. The summed E-state index contributed by atoms with van der Waals surface area (Å²) in [5.41, 5.74) is 7.19. The van der Waals surface area contributed by atoms with Gasteiger partial charge in [-0.15, -0.1) is 24.8 Å². The quantitative estimate of drug-likeness (QED) is 0.732. The number of dihydropyridines is 1. The van der Waals surface area contributed by atoms with E-state index in [0.29, 0.717) is 6.54 Å². The fourth-order valence-corrected chi connectivity index (χ4v) is 1.20. The van der Waals surface area contributed by atoms with Crippen molar-refractivity contribution < 1.29 is 4.79 Å². The largest absolute Gasteiger partial charge is 0.329 e. The minimum Gasteiger partial charge on any atom is -0.329 e. The Kier molecular flexibility index (Phi) is 7.13. The van der Waals surface area contributed by atoms with Crippen LogP contribution in [0.5, 0.6) is 0 Å². The summed E-state index contributed by atoms with van der Waals surface area (Å²) in [7, 11) is 0. The Morgan fingerprint density at radius 3 is 2.38 bits per heavy atom. The number of rotatable bonds is 1. The second kappa shape index (κ2) is 6.13. The maximum atomic E-state index is 11.1. The summed E-state index contributed by atoms with van der Waals surface area (Å²) in [6.07, 6.45) is 1.90. The van der Waals surface area contributed by atoms with E-state index in [2.05, 4.69) is 4.99 Å². The molecule has 1 unspecified atom stereocenters. The van der Waals surface area contributed by atoms with Crippen LogP contribution in [0.15, 0.2) is 16.6 Å². The monoisotopic (exact) mass is 224 g/mol. The summed E-state index contributed by atoms with van der Waals surface area (Å²) >= 11 is 0. The summed E-state index contributed by atoms with van der Waals surface area (Å²) in [5.74, 6) is -0.288. The highest BCUT2D eigenvalue weighted by Gasteiger charge is 2.21. The van der Waals surface area contributed by atoms with Gasteiger partial charge in [0.25, 0.3) is 5.91 Å². The Morgan fingerprint density at radius 2 is 2.00 bits per heavy atom. The van der Waals surface area contributed by atoms with Crippen LogP contribution in [-0.2, 0) is 4.79 Å². The lowest BCUT2D eigenvalue weighted by molar-refractivity contribution is -0.120. The molecule has 0 aromatic carbocycles. The van der Waals surface area contributed by atoms with Crippen molar-refractivity contribution in [1.29, 1.82) is 0 Å². The first-order valence-electron chi connectivity index (χ1n) is 3.62. The van der Waals surface area contributed by atoms with Crippen molar-refractivity contribution in [2.45, 2.75) is 13.8 Å². The number of carbonyl (C=O) groups excluding carboxylic acids is 1. The molecule has 1 aliphatic rings. The van der Waals surface area contributed by atoms with Crippen LogP contribution in [0.3, 0.4) is 0 Å². The molecule has 3 nitrogen and oxygen atoms in total. The normalized spacial score (nSPS) is 20.8. The van der Waals surface area contributed by atoms with Gasteiger partial charge in [-0.2, -0.15) is 0 Å². The number of halogens is 2. The molecule has 0 spiro atoms. The van der Waals surface area contributed by atoms with E-state index in [4.69, 9.17) is 5.73 Å². The maximum absolute atomic E-state index is 11.1. The van der Waals surface area contributed by atoms with Gasteiger partial charge < -0.3 is 5.73 Å². The number of amides is 1. The van der Waals surface area contributed by atoms with Crippen molar-refractivity contribution in [3.63, 3.8) is 0 Å². The number of aliphatic imine (C=N–C) groups is 1. The van der Waals surface area contributed by atoms with Crippen LogP contribution in [-0.4, -0.2) is 18.2 Å². The standard InChI is InChI=1S/C8H12N2O.2ClH/c1-5-3-6(2)10-8(11)7(5)4-9;;/h3,7H,4,9H2,1-2H3;2*1H. The van der Waals surface area contributed by atoms with Gasteiger partial charge in [-0.05, 0) is 19.9 Å². The lowest BCUT2D eigenvalue weighted by Crippen LogP contribution is -2.26. The van der Waals surface area contributed by atoms with Gasteiger partial charge in [-0.25, -0.2) is 4.99 Å². The van der Waals surface area contributed by atoms with Crippen LogP contribution in [0, 0.1) is 5.92 Å². The highest BCUT2D eigenvalue weighted by molar-refractivity contribution is 6.05. The lowest BCUT2D eigenvalue weighted by atomic mass is 9.96. The zero-order chi connectivity index (χ0) is 8.43. The summed E-state index contributed by atoms with van der Waals surface area (Å²) in [5, 5.41) is 0. The molecule has 1 heterocycles.